The van der Waals surface area contributed by atoms with Crippen LogP contribution in [0, 0.1) is 18.8 Å². The van der Waals surface area contributed by atoms with E-state index in [1.807, 2.05) is 0 Å². The number of nitrogens with one attached hydrogen (secondary N) is 1. The first-order chi connectivity index (χ1) is 10.0. The number of likely N-dealkylation sites (N-methyl/N-ethyl adjacent to an activating group) is 1. The Kier molecular flexibility index (Phi) is 5.83. The number of hydrogen-bond donors (Lipinski definition) is 1. The van der Waals surface area contributed by atoms with Crippen LogP contribution in [-0.4, -0.2) is 30.6 Å². The SMILES string of the molecule is CCNC(CN1CC(C)CC(C)C1C)c1cccc(C)c1. The van der Waals surface area contributed by atoms with E-state index >= 15 is 0 Å². The first-order valence-electron chi connectivity index (χ1n) is 8.55. The molecule has 4 atom stereocenters. The van der Waals surface area contributed by atoms with E-state index in [1.54, 1.807) is 0 Å². The summed E-state index contributed by atoms with van der Waals surface area (Å²) in [4.78, 5) is 2.69. The van der Waals surface area contributed by atoms with E-state index in [-0.39, 0.29) is 0 Å². The molecule has 4 unspecified atom stereocenters. The third-order valence-electron chi connectivity index (χ3n) is 5.03. The third-order valence-corrected chi connectivity index (χ3v) is 5.03. The number of piperidine rings is 1. The monoisotopic (exact) mass is 288 g/mol. The van der Waals surface area contributed by atoms with Gasteiger partial charge < -0.3 is 5.32 Å². The van der Waals surface area contributed by atoms with Crippen molar-refractivity contribution < 1.29 is 0 Å². The normalized spacial score (nSPS) is 28.5. The van der Waals surface area contributed by atoms with Crippen LogP contribution in [0.2, 0.25) is 0 Å². The molecule has 0 aromatic heterocycles. The van der Waals surface area contributed by atoms with Crippen LogP contribution in [0.25, 0.3) is 0 Å². The van der Waals surface area contributed by atoms with Gasteiger partial charge in [0.15, 0.2) is 0 Å². The summed E-state index contributed by atoms with van der Waals surface area (Å²) in [5, 5.41) is 3.68. The van der Waals surface area contributed by atoms with E-state index in [2.05, 4.69) is 69.1 Å². The smallest absolute Gasteiger partial charge is 0.0449 e. The van der Waals surface area contributed by atoms with Gasteiger partial charge in [-0.2, -0.15) is 0 Å². The molecule has 1 aliphatic heterocycles. The van der Waals surface area contributed by atoms with Crippen molar-refractivity contribution in [2.75, 3.05) is 19.6 Å². The maximum atomic E-state index is 3.68. The molecule has 1 N–H and O–H groups in total. The van der Waals surface area contributed by atoms with Gasteiger partial charge in [0.2, 0.25) is 0 Å². The minimum absolute atomic E-state index is 0.440. The summed E-state index contributed by atoms with van der Waals surface area (Å²) in [6, 6.07) is 10.1. The maximum absolute atomic E-state index is 3.68. The summed E-state index contributed by atoms with van der Waals surface area (Å²) in [6.45, 7) is 15.0. The maximum Gasteiger partial charge on any atom is 0.0449 e. The molecule has 0 spiro atoms. The lowest BCUT2D eigenvalue weighted by atomic mass is 9.85. The molecule has 1 aliphatic rings. The minimum atomic E-state index is 0.440. The van der Waals surface area contributed by atoms with Gasteiger partial charge in [0.1, 0.15) is 0 Å². The minimum Gasteiger partial charge on any atom is -0.309 e. The highest BCUT2D eigenvalue weighted by molar-refractivity contribution is 5.25. The predicted octanol–water partition coefficient (Wildman–Crippen LogP) is 4.01. The van der Waals surface area contributed by atoms with Gasteiger partial charge in [-0.15, -0.1) is 0 Å². The number of hydrogen-bond acceptors (Lipinski definition) is 2. The number of likely N-dealkylation sites (tertiary alicyclic amines) is 1. The number of benzene rings is 1. The molecule has 0 saturated carbocycles. The zero-order chi connectivity index (χ0) is 15.4. The summed E-state index contributed by atoms with van der Waals surface area (Å²) >= 11 is 0. The average Bonchev–Trinajstić information content (AvgIpc) is 2.43. The van der Waals surface area contributed by atoms with Gasteiger partial charge in [-0.1, -0.05) is 50.6 Å². The predicted molar refractivity (Wildman–Crippen MR) is 91.6 cm³/mol. The van der Waals surface area contributed by atoms with Gasteiger partial charge in [-0.3, -0.25) is 4.90 Å². The van der Waals surface area contributed by atoms with E-state index in [0.717, 1.165) is 24.9 Å². The second-order valence-electron chi connectivity index (χ2n) is 7.04. The van der Waals surface area contributed by atoms with Crippen LogP contribution in [0.4, 0.5) is 0 Å². The quantitative estimate of drug-likeness (QED) is 0.880. The first-order valence-corrected chi connectivity index (χ1v) is 8.55. The third kappa shape index (κ3) is 4.31. The standard InChI is InChI=1S/C19H32N2/c1-6-20-19(18-9-7-8-14(2)11-18)13-21-12-15(3)10-16(4)17(21)5/h7-9,11,15-17,19-20H,6,10,12-13H2,1-5H3. The van der Waals surface area contributed by atoms with Crippen LogP contribution >= 0.6 is 0 Å². The van der Waals surface area contributed by atoms with Crippen molar-refractivity contribution in [3.05, 3.63) is 35.4 Å². The van der Waals surface area contributed by atoms with Crippen LogP contribution in [0.5, 0.6) is 0 Å². The van der Waals surface area contributed by atoms with Crippen LogP contribution in [0.15, 0.2) is 24.3 Å². The molecule has 0 bridgehead atoms. The van der Waals surface area contributed by atoms with Crippen LogP contribution in [0.1, 0.15) is 51.3 Å². The molecule has 2 nitrogen and oxygen atoms in total. The Labute approximate surface area is 130 Å². The largest absolute Gasteiger partial charge is 0.309 e. The Bertz CT molecular complexity index is 443. The van der Waals surface area contributed by atoms with Crippen molar-refractivity contribution in [1.29, 1.82) is 0 Å². The molecule has 1 fully saturated rings. The average molecular weight is 288 g/mol. The Morgan fingerprint density at radius 1 is 1.29 bits per heavy atom. The van der Waals surface area contributed by atoms with Crippen molar-refractivity contribution >= 4 is 0 Å². The second-order valence-corrected chi connectivity index (χ2v) is 7.04. The molecule has 0 radical (unpaired) electrons. The fourth-order valence-electron chi connectivity index (χ4n) is 3.73. The van der Waals surface area contributed by atoms with Crippen LogP contribution < -0.4 is 5.32 Å². The fourth-order valence-corrected chi connectivity index (χ4v) is 3.73. The van der Waals surface area contributed by atoms with E-state index in [9.17, 15) is 0 Å². The molecule has 1 heterocycles. The van der Waals surface area contributed by atoms with Gasteiger partial charge in [-0.25, -0.2) is 0 Å². The Hall–Kier alpha value is -0.860. The highest BCUT2D eigenvalue weighted by atomic mass is 15.2. The summed E-state index contributed by atoms with van der Waals surface area (Å²) in [7, 11) is 0. The lowest BCUT2D eigenvalue weighted by Crippen LogP contribution is -2.48. The summed E-state index contributed by atoms with van der Waals surface area (Å²) in [6.07, 6.45) is 1.37. The van der Waals surface area contributed by atoms with Crippen LogP contribution in [0.3, 0.4) is 0 Å². The summed E-state index contributed by atoms with van der Waals surface area (Å²) in [5.74, 6) is 1.62. The number of aryl methyl sites for hydroxylation is 1. The molecule has 1 saturated heterocycles. The Balaban J connectivity index is 2.12. The van der Waals surface area contributed by atoms with Gasteiger partial charge in [0, 0.05) is 25.2 Å². The highest BCUT2D eigenvalue weighted by Gasteiger charge is 2.30. The molecular formula is C19H32N2. The molecule has 118 valence electrons. The van der Waals surface area contributed by atoms with E-state index in [4.69, 9.17) is 0 Å². The topological polar surface area (TPSA) is 15.3 Å². The molecule has 2 heteroatoms. The first kappa shape index (κ1) is 16.5. The van der Waals surface area contributed by atoms with Crippen molar-refractivity contribution in [1.82, 2.24) is 10.2 Å². The van der Waals surface area contributed by atoms with Crippen molar-refractivity contribution in [3.8, 4) is 0 Å². The molecule has 0 aliphatic carbocycles. The van der Waals surface area contributed by atoms with Gasteiger partial charge in [-0.05, 0) is 44.2 Å². The van der Waals surface area contributed by atoms with Crippen molar-refractivity contribution in [2.24, 2.45) is 11.8 Å². The zero-order valence-corrected chi connectivity index (χ0v) is 14.4. The molecule has 1 aromatic rings. The second kappa shape index (κ2) is 7.42. The van der Waals surface area contributed by atoms with E-state index < -0.39 is 0 Å². The summed E-state index contributed by atoms with van der Waals surface area (Å²) in [5.41, 5.74) is 2.78. The zero-order valence-electron chi connectivity index (χ0n) is 14.4. The molecule has 1 aromatic carbocycles. The van der Waals surface area contributed by atoms with Gasteiger partial charge in [0.05, 0.1) is 0 Å². The summed E-state index contributed by atoms with van der Waals surface area (Å²) < 4.78 is 0. The lowest BCUT2D eigenvalue weighted by molar-refractivity contribution is 0.0703. The van der Waals surface area contributed by atoms with Crippen molar-refractivity contribution in [3.63, 3.8) is 0 Å². The Morgan fingerprint density at radius 3 is 2.71 bits per heavy atom. The highest BCUT2D eigenvalue weighted by Crippen LogP contribution is 2.28. The molecule has 0 amide bonds. The Morgan fingerprint density at radius 2 is 2.05 bits per heavy atom. The fraction of sp³-hybridized carbons (Fsp3) is 0.684. The number of nitrogens with zero attached hydrogens (tertiary/aromatic N) is 1. The molecular weight excluding hydrogens is 256 g/mol. The van der Waals surface area contributed by atoms with Crippen molar-refractivity contribution in [2.45, 2.75) is 53.1 Å². The van der Waals surface area contributed by atoms with Gasteiger partial charge in [0.25, 0.3) is 0 Å². The molecule has 21 heavy (non-hydrogen) atoms. The van der Waals surface area contributed by atoms with E-state index in [1.165, 1.54) is 24.1 Å². The lowest BCUT2D eigenvalue weighted by Gasteiger charge is -2.42. The van der Waals surface area contributed by atoms with Gasteiger partial charge >= 0.3 is 0 Å². The van der Waals surface area contributed by atoms with E-state index in [0.29, 0.717) is 12.1 Å². The molecule has 2 rings (SSSR count). The van der Waals surface area contributed by atoms with Crippen LogP contribution in [-0.2, 0) is 0 Å². The number of rotatable bonds is 5.